The lowest BCUT2D eigenvalue weighted by Crippen LogP contribution is -2.20. The highest BCUT2D eigenvalue weighted by molar-refractivity contribution is 5.39. The number of anilines is 1. The van der Waals surface area contributed by atoms with Crippen molar-refractivity contribution in [2.75, 3.05) is 18.5 Å². The molecule has 1 aliphatic rings. The summed E-state index contributed by atoms with van der Waals surface area (Å²) in [5.74, 6) is 1.12. The van der Waals surface area contributed by atoms with Crippen LogP contribution in [0.5, 0.6) is 0 Å². The molecular formula is C15H21N5O2. The predicted octanol–water partition coefficient (Wildman–Crippen LogP) is 1.61. The second-order valence-electron chi connectivity index (χ2n) is 5.57. The van der Waals surface area contributed by atoms with Crippen LogP contribution in [-0.4, -0.2) is 44.1 Å². The molecule has 2 aromatic rings. The van der Waals surface area contributed by atoms with Crippen LogP contribution < -0.4 is 5.32 Å². The Balaban J connectivity index is 1.83. The number of aliphatic hydroxyl groups is 1. The van der Waals surface area contributed by atoms with Crippen molar-refractivity contribution in [1.82, 2.24) is 19.7 Å². The molecule has 3 heterocycles. The number of aromatic nitrogens is 4. The Kier molecular flexibility index (Phi) is 4.35. The van der Waals surface area contributed by atoms with Gasteiger partial charge in [0.15, 0.2) is 0 Å². The van der Waals surface area contributed by atoms with E-state index in [0.29, 0.717) is 24.0 Å². The van der Waals surface area contributed by atoms with E-state index >= 15 is 0 Å². The van der Waals surface area contributed by atoms with Gasteiger partial charge in [0.25, 0.3) is 5.95 Å². The van der Waals surface area contributed by atoms with E-state index in [4.69, 9.17) is 4.74 Å². The molecule has 7 nitrogen and oxygen atoms in total. The first kappa shape index (κ1) is 14.9. The summed E-state index contributed by atoms with van der Waals surface area (Å²) in [6.07, 6.45) is 3.53. The van der Waals surface area contributed by atoms with Gasteiger partial charge in [0.1, 0.15) is 5.82 Å². The predicted molar refractivity (Wildman–Crippen MR) is 82.0 cm³/mol. The van der Waals surface area contributed by atoms with Gasteiger partial charge in [-0.1, -0.05) is 0 Å². The van der Waals surface area contributed by atoms with Gasteiger partial charge in [-0.25, -0.2) is 9.67 Å². The number of nitrogens with one attached hydrogen (secondary N) is 1. The SMILES string of the molecule is Cc1ccn(-c2nc(NCC3CCCO3)cc(C(C)O)n2)n1. The molecule has 1 aliphatic heterocycles. The summed E-state index contributed by atoms with van der Waals surface area (Å²) in [5, 5.41) is 17.4. The molecule has 0 spiro atoms. The molecule has 22 heavy (non-hydrogen) atoms. The van der Waals surface area contributed by atoms with Gasteiger partial charge in [-0.2, -0.15) is 10.1 Å². The van der Waals surface area contributed by atoms with Crippen molar-refractivity contribution in [3.05, 3.63) is 29.7 Å². The second kappa shape index (κ2) is 6.41. The maximum absolute atomic E-state index is 9.83. The van der Waals surface area contributed by atoms with Crippen LogP contribution >= 0.6 is 0 Å². The Morgan fingerprint density at radius 2 is 2.36 bits per heavy atom. The van der Waals surface area contributed by atoms with Crippen LogP contribution in [0.1, 0.15) is 37.3 Å². The number of aryl methyl sites for hydroxylation is 1. The summed E-state index contributed by atoms with van der Waals surface area (Å²) >= 11 is 0. The average molecular weight is 303 g/mol. The fourth-order valence-corrected chi connectivity index (χ4v) is 2.41. The van der Waals surface area contributed by atoms with Crippen molar-refractivity contribution in [3.8, 4) is 5.95 Å². The summed E-state index contributed by atoms with van der Waals surface area (Å²) in [4.78, 5) is 8.84. The summed E-state index contributed by atoms with van der Waals surface area (Å²) in [5.41, 5.74) is 1.45. The highest BCUT2D eigenvalue weighted by Crippen LogP contribution is 2.17. The molecule has 0 saturated carbocycles. The Labute approximate surface area is 129 Å². The summed E-state index contributed by atoms with van der Waals surface area (Å²) in [7, 11) is 0. The normalized spacial score (nSPS) is 19.3. The molecule has 2 aromatic heterocycles. The minimum Gasteiger partial charge on any atom is -0.387 e. The van der Waals surface area contributed by atoms with E-state index in [1.165, 1.54) is 0 Å². The fourth-order valence-electron chi connectivity index (χ4n) is 2.41. The minimum atomic E-state index is -0.665. The van der Waals surface area contributed by atoms with Gasteiger partial charge in [0.2, 0.25) is 0 Å². The zero-order valence-electron chi connectivity index (χ0n) is 12.9. The molecule has 0 amide bonds. The smallest absolute Gasteiger partial charge is 0.252 e. The minimum absolute atomic E-state index is 0.223. The lowest BCUT2D eigenvalue weighted by Gasteiger charge is -2.14. The molecule has 0 aromatic carbocycles. The van der Waals surface area contributed by atoms with Gasteiger partial charge in [0, 0.05) is 25.4 Å². The molecule has 2 unspecified atom stereocenters. The number of hydrogen-bond acceptors (Lipinski definition) is 6. The van der Waals surface area contributed by atoms with Crippen LogP contribution in [0.2, 0.25) is 0 Å². The first-order valence-electron chi connectivity index (χ1n) is 7.57. The van der Waals surface area contributed by atoms with Gasteiger partial charge >= 0.3 is 0 Å². The maximum atomic E-state index is 9.83. The third-order valence-electron chi connectivity index (χ3n) is 3.62. The van der Waals surface area contributed by atoms with Gasteiger partial charge in [0.05, 0.1) is 23.6 Å². The van der Waals surface area contributed by atoms with Gasteiger partial charge in [-0.05, 0) is 32.8 Å². The monoisotopic (exact) mass is 303 g/mol. The lowest BCUT2D eigenvalue weighted by atomic mass is 10.2. The van der Waals surface area contributed by atoms with Crippen LogP contribution in [0.4, 0.5) is 5.82 Å². The maximum Gasteiger partial charge on any atom is 0.252 e. The van der Waals surface area contributed by atoms with Crippen LogP contribution in [0.15, 0.2) is 18.3 Å². The number of hydrogen-bond donors (Lipinski definition) is 2. The summed E-state index contributed by atoms with van der Waals surface area (Å²) in [6.45, 7) is 5.12. The van der Waals surface area contributed by atoms with E-state index in [1.807, 2.05) is 13.0 Å². The van der Waals surface area contributed by atoms with E-state index < -0.39 is 6.10 Å². The number of ether oxygens (including phenoxy) is 1. The average Bonchev–Trinajstić information content (AvgIpc) is 3.16. The van der Waals surface area contributed by atoms with E-state index in [0.717, 1.165) is 25.1 Å². The first-order valence-corrected chi connectivity index (χ1v) is 7.57. The number of nitrogens with zero attached hydrogens (tertiary/aromatic N) is 4. The molecule has 0 bridgehead atoms. The zero-order chi connectivity index (χ0) is 15.5. The van der Waals surface area contributed by atoms with Crippen LogP contribution in [0, 0.1) is 6.92 Å². The molecule has 3 rings (SSSR count). The van der Waals surface area contributed by atoms with Gasteiger partial charge < -0.3 is 15.2 Å². The van der Waals surface area contributed by atoms with Crippen molar-refractivity contribution >= 4 is 5.82 Å². The molecule has 2 N–H and O–H groups in total. The number of aliphatic hydroxyl groups excluding tert-OH is 1. The summed E-state index contributed by atoms with van der Waals surface area (Å²) < 4.78 is 7.21. The molecular weight excluding hydrogens is 282 g/mol. The van der Waals surface area contributed by atoms with Crippen molar-refractivity contribution in [2.24, 2.45) is 0 Å². The molecule has 118 valence electrons. The van der Waals surface area contributed by atoms with Crippen molar-refractivity contribution < 1.29 is 9.84 Å². The molecule has 0 radical (unpaired) electrons. The van der Waals surface area contributed by atoms with E-state index in [2.05, 4.69) is 20.4 Å². The van der Waals surface area contributed by atoms with E-state index in [1.54, 1.807) is 23.9 Å². The van der Waals surface area contributed by atoms with E-state index in [-0.39, 0.29) is 6.10 Å². The third-order valence-corrected chi connectivity index (χ3v) is 3.62. The van der Waals surface area contributed by atoms with Gasteiger partial charge in [-0.15, -0.1) is 0 Å². The quantitative estimate of drug-likeness (QED) is 0.873. The Morgan fingerprint density at radius 1 is 1.50 bits per heavy atom. The Bertz CT molecular complexity index is 635. The molecule has 0 aliphatic carbocycles. The highest BCUT2D eigenvalue weighted by Gasteiger charge is 2.16. The van der Waals surface area contributed by atoms with Crippen LogP contribution in [0.3, 0.4) is 0 Å². The standard InChI is InChI=1S/C15H21N5O2/c1-10-5-6-20(19-10)15-17-13(11(2)21)8-14(18-15)16-9-12-4-3-7-22-12/h5-6,8,11-12,21H,3-4,7,9H2,1-2H3,(H,16,17,18). The second-order valence-corrected chi connectivity index (χ2v) is 5.57. The Hall–Kier alpha value is -1.99. The lowest BCUT2D eigenvalue weighted by molar-refractivity contribution is 0.120. The van der Waals surface area contributed by atoms with Crippen molar-refractivity contribution in [1.29, 1.82) is 0 Å². The molecule has 7 heteroatoms. The van der Waals surface area contributed by atoms with Crippen molar-refractivity contribution in [3.63, 3.8) is 0 Å². The van der Waals surface area contributed by atoms with E-state index in [9.17, 15) is 5.11 Å². The van der Waals surface area contributed by atoms with Gasteiger partial charge in [-0.3, -0.25) is 0 Å². The van der Waals surface area contributed by atoms with Crippen LogP contribution in [-0.2, 0) is 4.74 Å². The number of rotatable bonds is 5. The third kappa shape index (κ3) is 3.42. The highest BCUT2D eigenvalue weighted by atomic mass is 16.5. The summed E-state index contributed by atoms with van der Waals surface area (Å²) in [6, 6.07) is 3.65. The fraction of sp³-hybridized carbons (Fsp3) is 0.533. The van der Waals surface area contributed by atoms with Crippen LogP contribution in [0.25, 0.3) is 5.95 Å². The largest absolute Gasteiger partial charge is 0.387 e. The first-order chi connectivity index (χ1) is 10.6. The molecule has 1 saturated heterocycles. The molecule has 1 fully saturated rings. The molecule has 2 atom stereocenters. The zero-order valence-corrected chi connectivity index (χ0v) is 12.9. The van der Waals surface area contributed by atoms with Crippen molar-refractivity contribution in [2.45, 2.75) is 38.9 Å². The Morgan fingerprint density at radius 3 is 3.00 bits per heavy atom. The topological polar surface area (TPSA) is 85.1 Å².